The Kier molecular flexibility index (Phi) is 5.35. The maximum absolute atomic E-state index is 12.8. The topological polar surface area (TPSA) is 62.1 Å². The molecule has 5 heteroatoms. The van der Waals surface area contributed by atoms with Crippen molar-refractivity contribution < 1.29 is 9.53 Å². The van der Waals surface area contributed by atoms with Gasteiger partial charge in [0, 0.05) is 34.1 Å². The van der Waals surface area contributed by atoms with Gasteiger partial charge in [0.15, 0.2) is 0 Å². The summed E-state index contributed by atoms with van der Waals surface area (Å²) in [7, 11) is 0. The van der Waals surface area contributed by atoms with Crippen LogP contribution in [0.25, 0.3) is 0 Å². The molecule has 0 radical (unpaired) electrons. The van der Waals surface area contributed by atoms with Gasteiger partial charge >= 0.3 is 0 Å². The van der Waals surface area contributed by atoms with Crippen molar-refractivity contribution in [2.75, 3.05) is 0 Å². The first-order valence-corrected chi connectivity index (χ1v) is 9.73. The highest BCUT2D eigenvalue weighted by atomic mass is 35.5. The molecule has 1 amide bonds. The van der Waals surface area contributed by atoms with Crippen LogP contribution in [0.2, 0.25) is 5.02 Å². The van der Waals surface area contributed by atoms with Gasteiger partial charge < -0.3 is 10.1 Å². The maximum atomic E-state index is 12.8. The molecule has 1 saturated carbocycles. The predicted molar refractivity (Wildman–Crippen MR) is 114 cm³/mol. The molecule has 0 aromatic heterocycles. The Morgan fingerprint density at radius 1 is 1.14 bits per heavy atom. The first kappa shape index (κ1) is 20.8. The number of rotatable bonds is 4. The Labute approximate surface area is 176 Å². The van der Waals surface area contributed by atoms with Crippen LogP contribution in [0.4, 0.5) is 0 Å². The summed E-state index contributed by atoms with van der Waals surface area (Å²) in [5.74, 6) is 3.01. The van der Waals surface area contributed by atoms with Crippen LogP contribution in [0.3, 0.4) is 0 Å². The molecule has 29 heavy (non-hydrogen) atoms. The zero-order valence-electron chi connectivity index (χ0n) is 16.9. The molecule has 148 valence electrons. The third-order valence-corrected chi connectivity index (χ3v) is 6.06. The van der Waals surface area contributed by atoms with Crippen LogP contribution in [0, 0.1) is 34.5 Å². The second-order valence-corrected chi connectivity index (χ2v) is 8.93. The van der Waals surface area contributed by atoms with E-state index in [0.29, 0.717) is 21.9 Å². The molecule has 0 unspecified atom stereocenters. The summed E-state index contributed by atoms with van der Waals surface area (Å²) in [4.78, 5) is 12.8. The number of carbonyl (C=O) groups is 1. The van der Waals surface area contributed by atoms with Crippen LogP contribution in [-0.4, -0.2) is 18.1 Å². The molecule has 0 saturated heterocycles. The summed E-state index contributed by atoms with van der Waals surface area (Å²) >= 11 is 6.13. The van der Waals surface area contributed by atoms with Gasteiger partial charge in [-0.1, -0.05) is 45.2 Å². The van der Waals surface area contributed by atoms with Crippen molar-refractivity contribution in [1.29, 1.82) is 5.26 Å². The summed E-state index contributed by atoms with van der Waals surface area (Å²) in [6.45, 7) is 8.28. The van der Waals surface area contributed by atoms with Gasteiger partial charge in [-0.3, -0.25) is 4.79 Å². The van der Waals surface area contributed by atoms with E-state index in [1.54, 1.807) is 42.5 Å². The number of amides is 1. The van der Waals surface area contributed by atoms with Crippen molar-refractivity contribution in [3.63, 3.8) is 0 Å². The molecule has 1 aliphatic rings. The fourth-order valence-electron chi connectivity index (χ4n) is 4.53. The van der Waals surface area contributed by atoms with Crippen LogP contribution in [0.5, 0.6) is 5.75 Å². The largest absolute Gasteiger partial charge is 0.489 e. The van der Waals surface area contributed by atoms with Gasteiger partial charge in [-0.25, -0.2) is 0 Å². The van der Waals surface area contributed by atoms with Crippen LogP contribution in [0.15, 0.2) is 42.5 Å². The highest BCUT2D eigenvalue weighted by Gasteiger charge is 2.64. The number of hydrogen-bond acceptors (Lipinski definition) is 3. The van der Waals surface area contributed by atoms with Gasteiger partial charge in [0.1, 0.15) is 17.9 Å². The third-order valence-electron chi connectivity index (χ3n) is 5.74. The molecule has 0 spiro atoms. The third kappa shape index (κ3) is 3.69. The molecular formula is C24H23ClN2O2. The van der Waals surface area contributed by atoms with E-state index in [1.807, 2.05) is 6.07 Å². The van der Waals surface area contributed by atoms with Gasteiger partial charge in [-0.05, 0) is 36.4 Å². The molecule has 2 aromatic carbocycles. The Bertz CT molecular complexity index is 1010. The number of terminal acetylenes is 1. The van der Waals surface area contributed by atoms with Crippen molar-refractivity contribution in [2.45, 2.75) is 39.8 Å². The summed E-state index contributed by atoms with van der Waals surface area (Å²) in [6, 6.07) is 14.0. The van der Waals surface area contributed by atoms with Crippen LogP contribution in [0.1, 0.15) is 49.2 Å². The number of halogens is 1. The lowest BCUT2D eigenvalue weighted by Gasteiger charge is -2.63. The van der Waals surface area contributed by atoms with E-state index in [1.165, 1.54) is 0 Å². The lowest BCUT2D eigenvalue weighted by molar-refractivity contribution is -0.164. The van der Waals surface area contributed by atoms with Crippen molar-refractivity contribution in [1.82, 2.24) is 5.32 Å². The summed E-state index contributed by atoms with van der Waals surface area (Å²) in [6.07, 6.45) is 5.23. The van der Waals surface area contributed by atoms with E-state index in [2.05, 4.69) is 38.9 Å². The Morgan fingerprint density at radius 2 is 1.76 bits per heavy atom. The minimum Gasteiger partial charge on any atom is -0.489 e. The average molecular weight is 407 g/mol. The second kappa shape index (κ2) is 7.47. The molecule has 1 aliphatic carbocycles. The van der Waals surface area contributed by atoms with Crippen molar-refractivity contribution in [3.8, 4) is 24.2 Å². The fourth-order valence-corrected chi connectivity index (χ4v) is 4.74. The lowest BCUT2D eigenvalue weighted by Crippen LogP contribution is -2.74. The molecule has 1 fully saturated rings. The number of ether oxygens (including phenoxy) is 1. The van der Waals surface area contributed by atoms with Crippen LogP contribution >= 0.6 is 11.6 Å². The number of benzene rings is 2. The number of nitriles is 1. The average Bonchev–Trinajstić information content (AvgIpc) is 2.69. The van der Waals surface area contributed by atoms with Crippen LogP contribution < -0.4 is 10.1 Å². The number of nitrogens with zero attached hydrogens (tertiary/aromatic N) is 1. The Balaban J connectivity index is 1.75. The van der Waals surface area contributed by atoms with Gasteiger partial charge in [0.25, 0.3) is 5.91 Å². The monoisotopic (exact) mass is 406 g/mol. The highest BCUT2D eigenvalue weighted by molar-refractivity contribution is 6.31. The Morgan fingerprint density at radius 3 is 2.28 bits per heavy atom. The van der Waals surface area contributed by atoms with E-state index in [-0.39, 0.29) is 28.9 Å². The highest BCUT2D eigenvalue weighted by Crippen LogP contribution is 2.55. The molecule has 4 nitrogen and oxygen atoms in total. The van der Waals surface area contributed by atoms with E-state index in [9.17, 15) is 4.79 Å². The first-order valence-electron chi connectivity index (χ1n) is 9.35. The summed E-state index contributed by atoms with van der Waals surface area (Å²) < 4.78 is 6.24. The van der Waals surface area contributed by atoms with Gasteiger partial charge in [0.2, 0.25) is 0 Å². The SMILES string of the molecule is C#Cc1ccc(C(=O)NC2C(C)(C)C(Oc3ccc(C#N)c(Cl)c3)C2(C)C)cc1. The zero-order valence-corrected chi connectivity index (χ0v) is 17.7. The molecule has 3 rings (SSSR count). The normalized spacial score (nSPS) is 21.2. The van der Waals surface area contributed by atoms with E-state index in [4.69, 9.17) is 28.0 Å². The van der Waals surface area contributed by atoms with Crippen molar-refractivity contribution in [2.24, 2.45) is 10.8 Å². The van der Waals surface area contributed by atoms with E-state index in [0.717, 1.165) is 5.56 Å². The first-order chi connectivity index (χ1) is 13.6. The molecule has 0 heterocycles. The molecule has 0 aliphatic heterocycles. The summed E-state index contributed by atoms with van der Waals surface area (Å²) in [5, 5.41) is 12.5. The van der Waals surface area contributed by atoms with E-state index < -0.39 is 0 Å². The molecular weight excluding hydrogens is 384 g/mol. The van der Waals surface area contributed by atoms with Gasteiger partial charge in [0.05, 0.1) is 10.6 Å². The zero-order chi connectivity index (χ0) is 21.4. The molecule has 0 atom stereocenters. The Hall–Kier alpha value is -2.95. The smallest absolute Gasteiger partial charge is 0.251 e. The van der Waals surface area contributed by atoms with Crippen molar-refractivity contribution in [3.05, 3.63) is 64.2 Å². The van der Waals surface area contributed by atoms with Gasteiger partial charge in [-0.15, -0.1) is 6.42 Å². The summed E-state index contributed by atoms with van der Waals surface area (Å²) in [5.41, 5.74) is 1.10. The standard InChI is InChI=1S/C24H23ClN2O2/c1-6-15-7-9-16(10-8-15)20(28)27-21-23(2,3)22(24(21,4)5)29-18-12-11-17(14-26)19(25)13-18/h1,7-13,21-22H,2-5H3,(H,27,28). The second-order valence-electron chi connectivity index (χ2n) is 8.52. The number of nitrogens with one attached hydrogen (secondary N) is 1. The minimum absolute atomic E-state index is 0.0892. The fraction of sp³-hybridized carbons (Fsp3) is 0.333. The van der Waals surface area contributed by atoms with Crippen molar-refractivity contribution >= 4 is 17.5 Å². The van der Waals surface area contributed by atoms with Gasteiger partial charge in [-0.2, -0.15) is 5.26 Å². The quantitative estimate of drug-likeness (QED) is 0.741. The number of hydrogen-bond donors (Lipinski definition) is 1. The lowest BCUT2D eigenvalue weighted by atomic mass is 9.49. The van der Waals surface area contributed by atoms with Crippen LogP contribution in [-0.2, 0) is 0 Å². The molecule has 0 bridgehead atoms. The minimum atomic E-state index is -0.307. The maximum Gasteiger partial charge on any atom is 0.251 e. The molecule has 2 aromatic rings. The van der Waals surface area contributed by atoms with E-state index >= 15 is 0 Å². The number of carbonyl (C=O) groups excluding carboxylic acids is 1. The molecule has 1 N–H and O–H groups in total. The predicted octanol–water partition coefficient (Wildman–Crippen LogP) is 4.80.